The van der Waals surface area contributed by atoms with E-state index >= 15 is 0 Å². The number of carbonyl (C=O) groups is 1. The van der Waals surface area contributed by atoms with Crippen molar-refractivity contribution in [1.29, 1.82) is 0 Å². The minimum atomic E-state index is -0.461. The fourth-order valence-corrected chi connectivity index (χ4v) is 3.85. The summed E-state index contributed by atoms with van der Waals surface area (Å²) >= 11 is 8.01. The van der Waals surface area contributed by atoms with Crippen LogP contribution in [0.4, 0.5) is 0 Å². The Kier molecular flexibility index (Phi) is 3.78. The molecule has 1 aromatic heterocycles. The van der Waals surface area contributed by atoms with Gasteiger partial charge in [-0.1, -0.05) is 29.8 Å². The van der Waals surface area contributed by atoms with Crippen LogP contribution in [-0.4, -0.2) is 17.4 Å². The van der Waals surface area contributed by atoms with Crippen molar-refractivity contribution in [2.75, 3.05) is 6.54 Å². The second kappa shape index (κ2) is 5.56. The molecule has 1 aliphatic heterocycles. The fraction of sp³-hybridized carbons (Fsp3) is 0.267. The van der Waals surface area contributed by atoms with E-state index in [0.29, 0.717) is 5.02 Å². The van der Waals surface area contributed by atoms with Crippen LogP contribution in [0.3, 0.4) is 0 Å². The molecule has 0 radical (unpaired) electrons. The van der Waals surface area contributed by atoms with Crippen molar-refractivity contribution >= 4 is 28.8 Å². The predicted octanol–water partition coefficient (Wildman–Crippen LogP) is 2.99. The number of thiophene rings is 1. The minimum absolute atomic E-state index is 0.350. The lowest BCUT2D eigenvalue weighted by Gasteiger charge is -2.33. The molecule has 3 nitrogen and oxygen atoms in total. The summed E-state index contributed by atoms with van der Waals surface area (Å²) in [4.78, 5) is 15.4. The number of fused-ring (bicyclic) bond motifs is 1. The van der Waals surface area contributed by atoms with Crippen molar-refractivity contribution in [2.24, 2.45) is 5.73 Å². The van der Waals surface area contributed by atoms with Crippen molar-refractivity contribution < 1.29 is 4.79 Å². The van der Waals surface area contributed by atoms with Gasteiger partial charge < -0.3 is 5.73 Å². The number of halogens is 1. The van der Waals surface area contributed by atoms with Crippen molar-refractivity contribution in [3.05, 3.63) is 56.7 Å². The van der Waals surface area contributed by atoms with Gasteiger partial charge in [0.1, 0.15) is 6.04 Å². The van der Waals surface area contributed by atoms with E-state index in [4.69, 9.17) is 17.3 Å². The molecule has 0 unspecified atom stereocenters. The van der Waals surface area contributed by atoms with Crippen LogP contribution >= 0.6 is 22.9 Å². The third-order valence-corrected chi connectivity index (χ3v) is 5.04. The molecule has 1 amide bonds. The largest absolute Gasteiger partial charge is 0.368 e. The normalized spacial score (nSPS) is 16.6. The number of carbonyl (C=O) groups excluding carboxylic acids is 1. The van der Waals surface area contributed by atoms with Crippen LogP contribution in [0.15, 0.2) is 35.7 Å². The van der Waals surface area contributed by atoms with Crippen molar-refractivity contribution in [3.8, 4) is 0 Å². The first-order valence-electron chi connectivity index (χ1n) is 6.50. The van der Waals surface area contributed by atoms with Gasteiger partial charge in [0, 0.05) is 23.0 Å². The average Bonchev–Trinajstić information content (AvgIpc) is 2.88. The molecular weight excluding hydrogens is 292 g/mol. The molecule has 2 N–H and O–H groups in total. The summed E-state index contributed by atoms with van der Waals surface area (Å²) < 4.78 is 0. The zero-order valence-corrected chi connectivity index (χ0v) is 12.5. The van der Waals surface area contributed by atoms with E-state index in [2.05, 4.69) is 16.3 Å². The number of nitrogens with zero attached hydrogens (tertiary/aromatic N) is 1. The maximum atomic E-state index is 11.9. The summed E-state index contributed by atoms with van der Waals surface area (Å²) in [6, 6.07) is 9.08. The molecule has 1 aromatic carbocycles. The summed E-state index contributed by atoms with van der Waals surface area (Å²) in [5.74, 6) is -0.350. The van der Waals surface area contributed by atoms with Gasteiger partial charge in [-0.3, -0.25) is 9.69 Å². The molecule has 0 saturated heterocycles. The standard InChI is InChI=1S/C15H15ClN2OS/c16-12-4-2-1-3-11(12)14(15(17)19)18-7-5-13-10(9-18)6-8-20-13/h1-4,6,8,14H,5,7,9H2,(H2,17,19)/t14-/m1/s1. The number of hydrogen-bond acceptors (Lipinski definition) is 3. The summed E-state index contributed by atoms with van der Waals surface area (Å²) in [5.41, 5.74) is 7.71. The van der Waals surface area contributed by atoms with E-state index in [1.807, 2.05) is 18.2 Å². The van der Waals surface area contributed by atoms with E-state index in [-0.39, 0.29) is 5.91 Å². The molecule has 0 aliphatic carbocycles. The molecular formula is C15H15ClN2OS. The SMILES string of the molecule is NC(=O)[C@@H](c1ccccc1Cl)N1CCc2sccc2C1. The van der Waals surface area contributed by atoms with E-state index < -0.39 is 6.04 Å². The zero-order valence-electron chi connectivity index (χ0n) is 10.9. The van der Waals surface area contributed by atoms with Gasteiger partial charge in [-0.15, -0.1) is 11.3 Å². The third-order valence-electron chi connectivity index (χ3n) is 3.67. The summed E-state index contributed by atoms with van der Waals surface area (Å²) in [6.07, 6.45) is 0.960. The van der Waals surface area contributed by atoms with Gasteiger partial charge >= 0.3 is 0 Å². The lowest BCUT2D eigenvalue weighted by atomic mass is 10.0. The zero-order chi connectivity index (χ0) is 14.1. The topological polar surface area (TPSA) is 46.3 Å². The lowest BCUT2D eigenvalue weighted by molar-refractivity contribution is -0.123. The smallest absolute Gasteiger partial charge is 0.239 e. The first-order chi connectivity index (χ1) is 9.66. The number of benzene rings is 1. The highest BCUT2D eigenvalue weighted by Crippen LogP contribution is 2.32. The van der Waals surface area contributed by atoms with Crippen LogP contribution in [0.1, 0.15) is 22.0 Å². The molecule has 104 valence electrons. The monoisotopic (exact) mass is 306 g/mol. The lowest BCUT2D eigenvalue weighted by Crippen LogP contribution is -2.40. The first kappa shape index (κ1) is 13.6. The molecule has 2 heterocycles. The minimum Gasteiger partial charge on any atom is -0.368 e. The van der Waals surface area contributed by atoms with Gasteiger partial charge in [0.25, 0.3) is 0 Å². The van der Waals surface area contributed by atoms with Crippen molar-refractivity contribution in [1.82, 2.24) is 4.90 Å². The molecule has 3 rings (SSSR count). The third kappa shape index (κ3) is 2.46. The quantitative estimate of drug-likeness (QED) is 0.947. The van der Waals surface area contributed by atoms with Gasteiger partial charge in [0.05, 0.1) is 0 Å². The molecule has 0 spiro atoms. The number of primary amides is 1. The molecule has 1 atom stereocenters. The second-order valence-electron chi connectivity index (χ2n) is 4.92. The van der Waals surface area contributed by atoms with Gasteiger partial charge in [0.2, 0.25) is 5.91 Å². The molecule has 0 fully saturated rings. The van der Waals surface area contributed by atoms with Crippen LogP contribution in [0.5, 0.6) is 0 Å². The highest BCUT2D eigenvalue weighted by Gasteiger charge is 2.30. The molecule has 1 aliphatic rings. The van der Waals surface area contributed by atoms with E-state index in [1.54, 1.807) is 17.4 Å². The highest BCUT2D eigenvalue weighted by atomic mass is 35.5. The Balaban J connectivity index is 1.93. The van der Waals surface area contributed by atoms with Gasteiger partial charge in [-0.25, -0.2) is 0 Å². The number of nitrogens with two attached hydrogens (primary N) is 1. The Morgan fingerprint density at radius 3 is 2.90 bits per heavy atom. The van der Waals surface area contributed by atoms with Crippen LogP contribution in [-0.2, 0) is 17.8 Å². The van der Waals surface area contributed by atoms with E-state index in [1.165, 1.54) is 10.4 Å². The van der Waals surface area contributed by atoms with Gasteiger partial charge in [-0.05, 0) is 35.1 Å². The van der Waals surface area contributed by atoms with Crippen LogP contribution < -0.4 is 5.73 Å². The Morgan fingerprint density at radius 1 is 1.35 bits per heavy atom. The molecule has 5 heteroatoms. The predicted molar refractivity (Wildman–Crippen MR) is 81.8 cm³/mol. The fourth-order valence-electron chi connectivity index (χ4n) is 2.72. The molecule has 2 aromatic rings. The Hall–Kier alpha value is -1.36. The van der Waals surface area contributed by atoms with E-state index in [0.717, 1.165) is 25.1 Å². The summed E-state index contributed by atoms with van der Waals surface area (Å²) in [5, 5.41) is 2.69. The van der Waals surface area contributed by atoms with Gasteiger partial charge in [-0.2, -0.15) is 0 Å². The maximum absolute atomic E-state index is 11.9. The van der Waals surface area contributed by atoms with Gasteiger partial charge in [0.15, 0.2) is 0 Å². The Labute approximate surface area is 127 Å². The highest BCUT2D eigenvalue weighted by molar-refractivity contribution is 7.10. The second-order valence-corrected chi connectivity index (χ2v) is 6.32. The van der Waals surface area contributed by atoms with Crippen LogP contribution in [0.2, 0.25) is 5.02 Å². The van der Waals surface area contributed by atoms with E-state index in [9.17, 15) is 4.79 Å². The first-order valence-corrected chi connectivity index (χ1v) is 7.75. The van der Waals surface area contributed by atoms with Crippen molar-refractivity contribution in [3.63, 3.8) is 0 Å². The average molecular weight is 307 g/mol. The number of amides is 1. The maximum Gasteiger partial charge on any atom is 0.239 e. The van der Waals surface area contributed by atoms with Crippen LogP contribution in [0.25, 0.3) is 0 Å². The van der Waals surface area contributed by atoms with Crippen molar-refractivity contribution in [2.45, 2.75) is 19.0 Å². The molecule has 20 heavy (non-hydrogen) atoms. The molecule has 0 bridgehead atoms. The molecule has 0 saturated carbocycles. The Bertz CT molecular complexity index is 640. The Morgan fingerprint density at radius 2 is 2.15 bits per heavy atom. The van der Waals surface area contributed by atoms with Crippen LogP contribution in [0, 0.1) is 0 Å². The number of rotatable bonds is 3. The summed E-state index contributed by atoms with van der Waals surface area (Å²) in [6.45, 7) is 1.57. The summed E-state index contributed by atoms with van der Waals surface area (Å²) in [7, 11) is 0. The number of hydrogen-bond donors (Lipinski definition) is 1.